The van der Waals surface area contributed by atoms with Crippen LogP contribution in [0.3, 0.4) is 0 Å². The Balaban J connectivity index is 1.94. The second-order valence-corrected chi connectivity index (χ2v) is 7.22. The molecule has 1 unspecified atom stereocenters. The molecule has 0 radical (unpaired) electrons. The highest BCUT2D eigenvalue weighted by molar-refractivity contribution is 14.1. The minimum atomic E-state index is 0.863. The largest absolute Gasteiger partial charge is 0.398 e. The minimum Gasteiger partial charge on any atom is -0.398 e. The summed E-state index contributed by atoms with van der Waals surface area (Å²) in [5.74, 6) is 0. The van der Waals surface area contributed by atoms with Crippen LogP contribution in [-0.4, -0.2) is 29.5 Å². The molecule has 1 fully saturated rings. The lowest BCUT2D eigenvalue weighted by molar-refractivity contribution is 0.277. The molecule has 1 atom stereocenters. The first-order valence-electron chi connectivity index (χ1n) is 6.48. The van der Waals surface area contributed by atoms with Gasteiger partial charge >= 0.3 is 0 Å². The van der Waals surface area contributed by atoms with Gasteiger partial charge in [-0.2, -0.15) is 11.8 Å². The van der Waals surface area contributed by atoms with E-state index in [1.165, 1.54) is 41.5 Å². The number of likely N-dealkylation sites (tertiary alicyclic amines) is 1. The molecular formula is C14H21IN2S. The Hall–Kier alpha value is 0.0600. The third kappa shape index (κ3) is 4.03. The second kappa shape index (κ2) is 7.01. The van der Waals surface area contributed by atoms with Crippen LogP contribution in [0, 0.1) is 3.57 Å². The van der Waals surface area contributed by atoms with E-state index < -0.39 is 0 Å². The fraction of sp³-hybridized carbons (Fsp3) is 0.571. The molecule has 2 nitrogen and oxygen atoms in total. The minimum absolute atomic E-state index is 0.863. The molecule has 18 heavy (non-hydrogen) atoms. The lowest BCUT2D eigenvalue weighted by Gasteiger charge is -2.20. The normalized spacial score (nSPS) is 21.8. The first-order chi connectivity index (χ1) is 8.69. The van der Waals surface area contributed by atoms with Crippen molar-refractivity contribution in [1.29, 1.82) is 0 Å². The molecule has 0 amide bonds. The zero-order valence-electron chi connectivity index (χ0n) is 10.9. The van der Waals surface area contributed by atoms with Gasteiger partial charge in [-0.05, 0) is 78.9 Å². The Kier molecular flexibility index (Phi) is 5.63. The van der Waals surface area contributed by atoms with Gasteiger partial charge in [0.15, 0.2) is 0 Å². The molecular weight excluding hydrogens is 355 g/mol. The third-order valence-corrected chi connectivity index (χ3v) is 5.64. The van der Waals surface area contributed by atoms with Gasteiger partial charge < -0.3 is 5.73 Å². The maximum Gasteiger partial charge on any atom is 0.0449 e. The number of thioether (sulfide) groups is 1. The van der Waals surface area contributed by atoms with E-state index in [1.807, 2.05) is 17.8 Å². The summed E-state index contributed by atoms with van der Waals surface area (Å²) >= 11 is 4.34. The van der Waals surface area contributed by atoms with Crippen molar-refractivity contribution < 1.29 is 0 Å². The van der Waals surface area contributed by atoms with E-state index in [1.54, 1.807) is 0 Å². The van der Waals surface area contributed by atoms with Crippen molar-refractivity contribution in [3.63, 3.8) is 0 Å². The van der Waals surface area contributed by atoms with Gasteiger partial charge in [-0.3, -0.25) is 4.90 Å². The molecule has 0 aromatic heterocycles. The van der Waals surface area contributed by atoms with Crippen LogP contribution in [0.2, 0.25) is 0 Å². The molecule has 1 aliphatic rings. The van der Waals surface area contributed by atoms with Crippen molar-refractivity contribution in [3.05, 3.63) is 27.3 Å². The second-order valence-electron chi connectivity index (χ2n) is 4.92. The summed E-state index contributed by atoms with van der Waals surface area (Å²) in [7, 11) is 0. The van der Waals surface area contributed by atoms with E-state index in [9.17, 15) is 0 Å². The first-order valence-corrected chi connectivity index (χ1v) is 8.85. The molecule has 100 valence electrons. The Labute approximate surface area is 128 Å². The zero-order chi connectivity index (χ0) is 13.0. The topological polar surface area (TPSA) is 29.3 Å². The highest BCUT2D eigenvalue weighted by atomic mass is 127. The van der Waals surface area contributed by atoms with Gasteiger partial charge in [0.05, 0.1) is 0 Å². The summed E-state index contributed by atoms with van der Waals surface area (Å²) in [5.41, 5.74) is 8.13. The van der Waals surface area contributed by atoms with Crippen LogP contribution < -0.4 is 5.73 Å². The molecule has 0 aliphatic carbocycles. The third-order valence-electron chi connectivity index (χ3n) is 3.57. The van der Waals surface area contributed by atoms with Gasteiger partial charge in [0.2, 0.25) is 0 Å². The molecule has 2 rings (SSSR count). The van der Waals surface area contributed by atoms with Crippen LogP contribution in [-0.2, 0) is 6.54 Å². The molecule has 1 aromatic rings. The van der Waals surface area contributed by atoms with E-state index >= 15 is 0 Å². The van der Waals surface area contributed by atoms with Crippen LogP contribution in [0.15, 0.2) is 18.2 Å². The molecule has 0 spiro atoms. The van der Waals surface area contributed by atoms with Crippen LogP contribution in [0.25, 0.3) is 0 Å². The van der Waals surface area contributed by atoms with E-state index in [0.29, 0.717) is 0 Å². The van der Waals surface area contributed by atoms with Crippen molar-refractivity contribution in [2.75, 3.05) is 25.1 Å². The lowest BCUT2D eigenvalue weighted by atomic mass is 10.2. The molecule has 4 heteroatoms. The summed E-state index contributed by atoms with van der Waals surface area (Å²) in [6.07, 6.45) is 6.27. The van der Waals surface area contributed by atoms with Crippen LogP contribution in [0.5, 0.6) is 0 Å². The lowest BCUT2D eigenvalue weighted by Crippen LogP contribution is -2.24. The maximum atomic E-state index is 5.86. The first kappa shape index (κ1) is 14.5. The Morgan fingerprint density at radius 1 is 1.39 bits per heavy atom. The van der Waals surface area contributed by atoms with Gasteiger partial charge in [-0.1, -0.05) is 6.07 Å². The quantitative estimate of drug-likeness (QED) is 0.646. The Morgan fingerprint density at radius 3 is 2.94 bits per heavy atom. The average molecular weight is 376 g/mol. The van der Waals surface area contributed by atoms with Crippen molar-refractivity contribution >= 4 is 40.0 Å². The standard InChI is InChI=1S/C14H21IN2S/c1-18-12-3-2-7-17(8-6-12)10-11-4-5-14(16)13(15)9-11/h4-5,9,12H,2-3,6-8,10,16H2,1H3. The average Bonchev–Trinajstić information content (AvgIpc) is 2.59. The summed E-state index contributed by atoms with van der Waals surface area (Å²) in [4.78, 5) is 2.58. The SMILES string of the molecule is CSC1CCCN(Cc2ccc(N)c(I)c2)CC1. The number of nitrogen functional groups attached to an aromatic ring is 1. The highest BCUT2D eigenvalue weighted by Gasteiger charge is 2.16. The number of hydrogen-bond donors (Lipinski definition) is 1. The number of halogens is 1. The molecule has 1 aliphatic heterocycles. The van der Waals surface area contributed by atoms with Crippen molar-refractivity contribution in [1.82, 2.24) is 4.90 Å². The van der Waals surface area contributed by atoms with Crippen LogP contribution in [0.4, 0.5) is 5.69 Å². The number of rotatable bonds is 3. The van der Waals surface area contributed by atoms with Gasteiger partial charge in [-0.25, -0.2) is 0 Å². The van der Waals surface area contributed by atoms with Gasteiger partial charge in [-0.15, -0.1) is 0 Å². The Morgan fingerprint density at radius 2 is 2.22 bits per heavy atom. The molecule has 1 saturated heterocycles. The fourth-order valence-corrected chi connectivity index (χ4v) is 3.77. The number of hydrogen-bond acceptors (Lipinski definition) is 3. The number of anilines is 1. The summed E-state index contributed by atoms with van der Waals surface area (Å²) in [6.45, 7) is 3.53. The van der Waals surface area contributed by atoms with Crippen molar-refractivity contribution in [2.24, 2.45) is 0 Å². The zero-order valence-corrected chi connectivity index (χ0v) is 13.8. The molecule has 2 N–H and O–H groups in total. The van der Waals surface area contributed by atoms with Gasteiger partial charge in [0, 0.05) is 21.1 Å². The van der Waals surface area contributed by atoms with Crippen molar-refractivity contribution in [3.8, 4) is 0 Å². The van der Waals surface area contributed by atoms with Gasteiger partial charge in [0.25, 0.3) is 0 Å². The molecule has 1 aromatic carbocycles. The van der Waals surface area contributed by atoms with Crippen molar-refractivity contribution in [2.45, 2.75) is 31.1 Å². The molecule has 1 heterocycles. The number of benzene rings is 1. The molecule has 0 bridgehead atoms. The van der Waals surface area contributed by atoms with E-state index in [0.717, 1.165) is 17.5 Å². The monoisotopic (exact) mass is 376 g/mol. The summed E-state index contributed by atoms with van der Waals surface area (Å²) in [6, 6.07) is 6.40. The van der Waals surface area contributed by atoms with Crippen LogP contribution >= 0.6 is 34.4 Å². The summed E-state index contributed by atoms with van der Waals surface area (Å²) < 4.78 is 1.17. The highest BCUT2D eigenvalue weighted by Crippen LogP contribution is 2.23. The molecule has 0 saturated carbocycles. The number of nitrogens with two attached hydrogens (primary N) is 1. The number of nitrogens with zero attached hydrogens (tertiary/aromatic N) is 1. The fourth-order valence-electron chi connectivity index (χ4n) is 2.45. The van der Waals surface area contributed by atoms with E-state index in [4.69, 9.17) is 5.73 Å². The maximum absolute atomic E-state index is 5.86. The van der Waals surface area contributed by atoms with E-state index in [2.05, 4.69) is 45.9 Å². The predicted octanol–water partition coefficient (Wildman–Crippen LogP) is 3.59. The van der Waals surface area contributed by atoms with Crippen LogP contribution in [0.1, 0.15) is 24.8 Å². The summed E-state index contributed by atoms with van der Waals surface area (Å²) in [5, 5.41) is 0.863. The Bertz CT molecular complexity index is 397. The smallest absolute Gasteiger partial charge is 0.0449 e. The predicted molar refractivity (Wildman–Crippen MR) is 90.0 cm³/mol. The van der Waals surface area contributed by atoms with Gasteiger partial charge in [0.1, 0.15) is 0 Å². The van der Waals surface area contributed by atoms with E-state index in [-0.39, 0.29) is 0 Å².